The molecule has 73 heavy (non-hydrogen) atoms. The van der Waals surface area contributed by atoms with Crippen LogP contribution in [0.25, 0.3) is 66.4 Å². The van der Waals surface area contributed by atoms with E-state index in [4.69, 9.17) is 0 Å². The fourth-order valence-corrected chi connectivity index (χ4v) is 12.0. The number of nitrogens with zero attached hydrogens (tertiary/aromatic N) is 2. The zero-order chi connectivity index (χ0) is 50.8. The van der Waals surface area contributed by atoms with E-state index in [1.807, 2.05) is 0 Å². The van der Waals surface area contributed by atoms with E-state index in [-0.39, 0.29) is 16.9 Å². The molecular weight excluding hydrogens is 881 g/mol. The number of anilines is 2. The number of allylic oxidation sites excluding steroid dienone is 2. The molecule has 366 valence electrons. The van der Waals surface area contributed by atoms with Gasteiger partial charge in [-0.25, -0.2) is 0 Å². The van der Waals surface area contributed by atoms with Gasteiger partial charge in [0.2, 0.25) is 0 Å². The molecule has 2 aliphatic rings. The van der Waals surface area contributed by atoms with Crippen molar-refractivity contribution in [3.8, 4) is 39.1 Å². The molecule has 2 atom stereocenters. The molecule has 11 rings (SSSR count). The van der Waals surface area contributed by atoms with Gasteiger partial charge in [-0.1, -0.05) is 215 Å². The maximum atomic E-state index is 2.56. The van der Waals surface area contributed by atoms with Crippen LogP contribution in [0.2, 0.25) is 0 Å². The molecule has 0 saturated carbocycles. The van der Waals surface area contributed by atoms with Crippen molar-refractivity contribution in [1.29, 1.82) is 0 Å². The second kappa shape index (κ2) is 18.7. The van der Waals surface area contributed by atoms with Crippen LogP contribution >= 0.6 is 0 Å². The molecule has 1 heterocycles. The van der Waals surface area contributed by atoms with E-state index in [1.54, 1.807) is 0 Å². The zero-order valence-electron chi connectivity index (χ0n) is 44.8. The van der Waals surface area contributed by atoms with Crippen LogP contribution in [0, 0.1) is 10.8 Å². The number of rotatable bonds is 12. The predicted octanol–water partition coefficient (Wildman–Crippen LogP) is 20.1. The lowest BCUT2D eigenvalue weighted by atomic mass is 9.68. The van der Waals surface area contributed by atoms with Crippen LogP contribution in [0.3, 0.4) is 0 Å². The summed E-state index contributed by atoms with van der Waals surface area (Å²) in [6.45, 7) is 23.7. The highest BCUT2D eigenvalue weighted by Gasteiger charge is 2.36. The van der Waals surface area contributed by atoms with Gasteiger partial charge in [-0.2, -0.15) is 0 Å². The normalized spacial score (nSPS) is 15.7. The third-order valence-corrected chi connectivity index (χ3v) is 16.8. The molecule has 9 aromatic rings. The molecule has 0 amide bonds. The van der Waals surface area contributed by atoms with Gasteiger partial charge in [0, 0.05) is 33.2 Å². The summed E-state index contributed by atoms with van der Waals surface area (Å²) in [6, 6.07) is 69.1. The zero-order valence-corrected chi connectivity index (χ0v) is 44.8. The summed E-state index contributed by atoms with van der Waals surface area (Å²) in [6.07, 6.45) is 10.5. The molecule has 8 aromatic carbocycles. The number of benzene rings is 8. The van der Waals surface area contributed by atoms with E-state index in [0.717, 1.165) is 6.42 Å². The topological polar surface area (TPSA) is 8.17 Å². The molecule has 0 bridgehead atoms. The Morgan fingerprint density at radius 1 is 0.562 bits per heavy atom. The van der Waals surface area contributed by atoms with E-state index < -0.39 is 0 Å². The first-order valence-corrected chi connectivity index (χ1v) is 26.9. The lowest BCUT2D eigenvalue weighted by Crippen LogP contribution is -2.30. The van der Waals surface area contributed by atoms with Crippen LogP contribution in [0.4, 0.5) is 11.4 Å². The van der Waals surface area contributed by atoms with Gasteiger partial charge >= 0.3 is 0 Å². The molecule has 0 fully saturated rings. The van der Waals surface area contributed by atoms with Gasteiger partial charge in [0.25, 0.3) is 0 Å². The van der Waals surface area contributed by atoms with Crippen LogP contribution in [0.1, 0.15) is 128 Å². The molecular formula is C71H72N2. The molecule has 0 spiro atoms. The molecule has 0 saturated heterocycles. The Morgan fingerprint density at radius 3 is 1.77 bits per heavy atom. The molecule has 0 radical (unpaired) electrons. The van der Waals surface area contributed by atoms with E-state index in [1.165, 1.54) is 118 Å². The van der Waals surface area contributed by atoms with Crippen molar-refractivity contribution >= 4 is 38.8 Å². The van der Waals surface area contributed by atoms with Gasteiger partial charge in [-0.3, -0.25) is 0 Å². The van der Waals surface area contributed by atoms with Crippen molar-refractivity contribution < 1.29 is 0 Å². The minimum Gasteiger partial charge on any atom is -0.334 e. The van der Waals surface area contributed by atoms with Crippen molar-refractivity contribution in [2.45, 2.75) is 112 Å². The van der Waals surface area contributed by atoms with Crippen LogP contribution < -0.4 is 4.90 Å². The third kappa shape index (κ3) is 8.98. The Balaban J connectivity index is 0.963. The average molecular weight is 953 g/mol. The number of fused-ring (bicyclic) bond motifs is 6. The van der Waals surface area contributed by atoms with Crippen LogP contribution in [-0.4, -0.2) is 10.6 Å². The molecule has 2 aliphatic carbocycles. The monoisotopic (exact) mass is 953 g/mol. The standard InChI is InChI=1S/C71H72N2/c1-11-70(7,8)46-66(69(4,5)6)53-23-21-51(22-24-53)54-31-41-67-62(43-54)63-44-55(32-42-68(63)73(67)58-33-25-48(26-34-58)47(2)3)52-29-37-57(38-30-52)72(56-35-27-50(28-36-56)49-17-13-12-14-18-49)59-39-40-61-60-19-15-16-20-64(60)71(9,10)65(61)45-59/h12-37,39-45,47,57,66H,11,38,46H2,1-10H3. The first kappa shape index (κ1) is 48.1. The molecule has 2 heteroatoms. The summed E-state index contributed by atoms with van der Waals surface area (Å²) in [7, 11) is 0. The molecule has 1 aromatic heterocycles. The van der Waals surface area contributed by atoms with Gasteiger partial charge in [0.1, 0.15) is 0 Å². The maximum absolute atomic E-state index is 2.56. The Morgan fingerprint density at radius 2 is 1.12 bits per heavy atom. The Kier molecular flexibility index (Phi) is 12.3. The second-order valence-electron chi connectivity index (χ2n) is 23.8. The average Bonchev–Trinajstić information content (AvgIpc) is 3.86. The highest BCUT2D eigenvalue weighted by atomic mass is 15.2. The van der Waals surface area contributed by atoms with Crippen molar-refractivity contribution in [2.24, 2.45) is 10.8 Å². The Bertz CT molecular complexity index is 3530. The number of hydrogen-bond acceptors (Lipinski definition) is 1. The van der Waals surface area contributed by atoms with Gasteiger partial charge < -0.3 is 9.47 Å². The largest absolute Gasteiger partial charge is 0.334 e. The summed E-state index contributed by atoms with van der Waals surface area (Å²) in [4.78, 5) is 2.56. The SMILES string of the molecule is CCC(C)(C)CC(c1ccc(-c2ccc3c(c2)c2cc(C4=CCC(N(c5ccc(-c6ccccc6)cc5)c5ccc6c(c5)C(C)(C)c5ccccc5-6)C=C4)ccc2n3-c2ccc(C(C)C)cc2)cc1)C(C)(C)C. The Labute approximate surface area is 435 Å². The third-order valence-electron chi connectivity index (χ3n) is 16.8. The van der Waals surface area contributed by atoms with Gasteiger partial charge in [0.15, 0.2) is 0 Å². The summed E-state index contributed by atoms with van der Waals surface area (Å²) in [5.41, 5.74) is 22.1. The minimum absolute atomic E-state index is 0.0910. The smallest absolute Gasteiger partial charge is 0.0560 e. The quantitative estimate of drug-likeness (QED) is 0.118. The number of hydrogen-bond donors (Lipinski definition) is 0. The summed E-state index contributed by atoms with van der Waals surface area (Å²) in [5.74, 6) is 0.956. The van der Waals surface area contributed by atoms with Crippen molar-refractivity contribution in [3.63, 3.8) is 0 Å². The first-order valence-electron chi connectivity index (χ1n) is 26.9. The fourth-order valence-electron chi connectivity index (χ4n) is 12.0. The lowest BCUT2D eigenvalue weighted by Gasteiger charge is -2.37. The summed E-state index contributed by atoms with van der Waals surface area (Å²) < 4.78 is 2.47. The van der Waals surface area contributed by atoms with E-state index in [0.29, 0.717) is 17.3 Å². The minimum atomic E-state index is -0.0910. The van der Waals surface area contributed by atoms with Crippen molar-refractivity contribution in [2.75, 3.05) is 4.90 Å². The first-order chi connectivity index (χ1) is 35.1. The second-order valence-corrected chi connectivity index (χ2v) is 23.8. The molecule has 0 N–H and O–H groups in total. The summed E-state index contributed by atoms with van der Waals surface area (Å²) in [5, 5.41) is 2.54. The highest BCUT2D eigenvalue weighted by molar-refractivity contribution is 6.11. The predicted molar refractivity (Wildman–Crippen MR) is 315 cm³/mol. The highest BCUT2D eigenvalue weighted by Crippen LogP contribution is 2.51. The van der Waals surface area contributed by atoms with Gasteiger partial charge in [-0.15, -0.1) is 0 Å². The van der Waals surface area contributed by atoms with Crippen LogP contribution in [0.15, 0.2) is 200 Å². The van der Waals surface area contributed by atoms with Crippen molar-refractivity contribution in [1.82, 2.24) is 4.57 Å². The van der Waals surface area contributed by atoms with Crippen LogP contribution in [0.5, 0.6) is 0 Å². The van der Waals surface area contributed by atoms with Crippen LogP contribution in [-0.2, 0) is 5.41 Å². The molecule has 0 aliphatic heterocycles. The number of aromatic nitrogens is 1. The molecule has 2 nitrogen and oxygen atoms in total. The summed E-state index contributed by atoms with van der Waals surface area (Å²) >= 11 is 0. The van der Waals surface area contributed by atoms with Gasteiger partial charge in [-0.05, 0) is 163 Å². The maximum Gasteiger partial charge on any atom is 0.0560 e. The Hall–Kier alpha value is -7.16. The van der Waals surface area contributed by atoms with E-state index in [2.05, 4.69) is 279 Å². The lowest BCUT2D eigenvalue weighted by molar-refractivity contribution is 0.209. The van der Waals surface area contributed by atoms with Crippen molar-refractivity contribution in [3.05, 3.63) is 228 Å². The molecule has 2 unspecified atom stereocenters. The fraction of sp³-hybridized carbons (Fsp3) is 0.268. The van der Waals surface area contributed by atoms with E-state index >= 15 is 0 Å². The van der Waals surface area contributed by atoms with Gasteiger partial charge in [0.05, 0.1) is 17.1 Å². The van der Waals surface area contributed by atoms with E-state index in [9.17, 15) is 0 Å².